The number of fused-ring (bicyclic) bond motifs is 1. The summed E-state index contributed by atoms with van der Waals surface area (Å²) in [5.41, 5.74) is 4.20. The van der Waals surface area contributed by atoms with Crippen molar-refractivity contribution in [2.45, 2.75) is 46.5 Å². The first-order valence-electron chi connectivity index (χ1n) is 8.39. The first-order valence-corrected chi connectivity index (χ1v) is 9.21. The van der Waals surface area contributed by atoms with E-state index >= 15 is 0 Å². The molecule has 0 unspecified atom stereocenters. The molecule has 0 aliphatic carbocycles. The van der Waals surface area contributed by atoms with Crippen molar-refractivity contribution in [3.63, 3.8) is 0 Å². The fourth-order valence-corrected chi connectivity index (χ4v) is 4.22. The average molecular weight is 344 g/mol. The van der Waals surface area contributed by atoms with Crippen molar-refractivity contribution in [3.8, 4) is 5.75 Å². The zero-order valence-electron chi connectivity index (χ0n) is 15.0. The summed E-state index contributed by atoms with van der Waals surface area (Å²) in [6.07, 6.45) is 1.96. The van der Waals surface area contributed by atoms with Crippen LogP contribution in [0.1, 0.15) is 57.7 Å². The molecule has 1 amide bonds. The van der Waals surface area contributed by atoms with Gasteiger partial charge in [0.15, 0.2) is 0 Å². The van der Waals surface area contributed by atoms with Crippen molar-refractivity contribution in [1.82, 2.24) is 4.98 Å². The Labute approximate surface area is 147 Å². The second kappa shape index (κ2) is 6.55. The van der Waals surface area contributed by atoms with Gasteiger partial charge in [-0.1, -0.05) is 19.9 Å². The summed E-state index contributed by atoms with van der Waals surface area (Å²) in [6.45, 7) is 8.96. The fraction of sp³-hybridized carbons (Fsp3) is 0.474. The maximum atomic E-state index is 13.2. The molecule has 2 heterocycles. The van der Waals surface area contributed by atoms with Crippen molar-refractivity contribution >= 4 is 22.9 Å². The van der Waals surface area contributed by atoms with Crippen LogP contribution in [-0.2, 0) is 6.42 Å². The van der Waals surface area contributed by atoms with Gasteiger partial charge in [0.05, 0.1) is 23.5 Å². The maximum absolute atomic E-state index is 13.2. The Morgan fingerprint density at radius 1 is 1.33 bits per heavy atom. The van der Waals surface area contributed by atoms with Crippen LogP contribution < -0.4 is 9.64 Å². The Bertz CT molecular complexity index is 780. The zero-order valence-corrected chi connectivity index (χ0v) is 15.8. The van der Waals surface area contributed by atoms with Gasteiger partial charge in [0.1, 0.15) is 10.6 Å². The zero-order chi connectivity index (χ0) is 17.4. The van der Waals surface area contributed by atoms with E-state index in [1.807, 2.05) is 17.9 Å². The molecule has 24 heavy (non-hydrogen) atoms. The number of nitrogens with zero attached hydrogens (tertiary/aromatic N) is 2. The second-order valence-electron chi connectivity index (χ2n) is 6.59. The summed E-state index contributed by atoms with van der Waals surface area (Å²) >= 11 is 1.52. The molecule has 1 aliphatic rings. The number of anilines is 1. The molecule has 2 aromatic rings. The molecule has 0 radical (unpaired) electrons. The van der Waals surface area contributed by atoms with Gasteiger partial charge in [0.2, 0.25) is 0 Å². The van der Waals surface area contributed by atoms with Gasteiger partial charge in [-0.2, -0.15) is 0 Å². The number of methoxy groups -OCH3 is 1. The Balaban J connectivity index is 2.06. The molecule has 0 spiro atoms. The lowest BCUT2D eigenvalue weighted by atomic mass is 9.96. The van der Waals surface area contributed by atoms with Crippen LogP contribution in [0, 0.1) is 13.8 Å². The smallest absolute Gasteiger partial charge is 0.270 e. The molecule has 0 N–H and O–H groups in total. The van der Waals surface area contributed by atoms with Crippen molar-refractivity contribution in [2.75, 3.05) is 18.6 Å². The summed E-state index contributed by atoms with van der Waals surface area (Å²) in [5, 5.41) is 1.02. The molecule has 1 aromatic carbocycles. The van der Waals surface area contributed by atoms with E-state index in [9.17, 15) is 4.79 Å². The molecular weight excluding hydrogens is 320 g/mol. The summed E-state index contributed by atoms with van der Waals surface area (Å²) in [5.74, 6) is 1.15. The molecule has 0 saturated carbocycles. The lowest BCUT2D eigenvalue weighted by Gasteiger charge is -2.31. The van der Waals surface area contributed by atoms with E-state index < -0.39 is 0 Å². The van der Waals surface area contributed by atoms with E-state index in [4.69, 9.17) is 4.74 Å². The molecule has 0 fully saturated rings. The van der Waals surface area contributed by atoms with Crippen molar-refractivity contribution in [2.24, 2.45) is 0 Å². The molecule has 5 heteroatoms. The van der Waals surface area contributed by atoms with Crippen LogP contribution in [0.3, 0.4) is 0 Å². The predicted molar refractivity (Wildman–Crippen MR) is 98.7 cm³/mol. The third-order valence-electron chi connectivity index (χ3n) is 4.52. The minimum atomic E-state index is 0.0433. The standard InChI is InChI=1S/C19H24N2O2S/c1-11(2)18-20-13(4)17(24-18)19(22)21-10-6-7-14-12(3)8-9-15(23-5)16(14)21/h8-9,11H,6-7,10H2,1-5H3. The van der Waals surface area contributed by atoms with Gasteiger partial charge in [0, 0.05) is 12.5 Å². The van der Waals surface area contributed by atoms with Crippen LogP contribution in [0.5, 0.6) is 5.75 Å². The number of ether oxygens (including phenoxy) is 1. The van der Waals surface area contributed by atoms with Crippen molar-refractivity contribution < 1.29 is 9.53 Å². The number of aryl methyl sites for hydroxylation is 2. The van der Waals surface area contributed by atoms with Crippen LogP contribution in [0.25, 0.3) is 0 Å². The highest BCUT2D eigenvalue weighted by Gasteiger charge is 2.30. The van der Waals surface area contributed by atoms with Gasteiger partial charge in [-0.05, 0) is 43.9 Å². The van der Waals surface area contributed by atoms with Crippen LogP contribution in [-0.4, -0.2) is 24.5 Å². The number of hydrogen-bond acceptors (Lipinski definition) is 4. The topological polar surface area (TPSA) is 42.4 Å². The van der Waals surface area contributed by atoms with Gasteiger partial charge < -0.3 is 9.64 Å². The molecule has 0 bridgehead atoms. The lowest BCUT2D eigenvalue weighted by molar-refractivity contribution is 0.0987. The monoisotopic (exact) mass is 344 g/mol. The number of thiazole rings is 1. The number of carbonyl (C=O) groups excluding carboxylic acids is 1. The van der Waals surface area contributed by atoms with Crippen molar-refractivity contribution in [1.29, 1.82) is 0 Å². The number of hydrogen-bond donors (Lipinski definition) is 0. The molecule has 1 aromatic heterocycles. The van der Waals surface area contributed by atoms with E-state index in [-0.39, 0.29) is 5.91 Å². The number of carbonyl (C=O) groups is 1. The van der Waals surface area contributed by atoms with Gasteiger partial charge in [-0.25, -0.2) is 4.98 Å². The van der Waals surface area contributed by atoms with Gasteiger partial charge in [-0.15, -0.1) is 11.3 Å². The van der Waals surface area contributed by atoms with Crippen LogP contribution in [0.2, 0.25) is 0 Å². The number of aromatic nitrogens is 1. The SMILES string of the molecule is COc1ccc(C)c2c1N(C(=O)c1sc(C(C)C)nc1C)CCC2. The average Bonchev–Trinajstić information content (AvgIpc) is 2.96. The molecule has 4 nitrogen and oxygen atoms in total. The van der Waals surface area contributed by atoms with Crippen LogP contribution >= 0.6 is 11.3 Å². The first-order chi connectivity index (χ1) is 11.4. The first kappa shape index (κ1) is 17.0. The summed E-state index contributed by atoms with van der Waals surface area (Å²) in [4.78, 5) is 20.5. The van der Waals surface area contributed by atoms with E-state index in [2.05, 4.69) is 31.8 Å². The van der Waals surface area contributed by atoms with E-state index in [0.29, 0.717) is 5.92 Å². The molecule has 0 saturated heterocycles. The quantitative estimate of drug-likeness (QED) is 0.824. The molecule has 128 valence electrons. The Morgan fingerprint density at radius 3 is 2.71 bits per heavy atom. The van der Waals surface area contributed by atoms with Gasteiger partial charge in [-0.3, -0.25) is 4.79 Å². The third-order valence-corrected chi connectivity index (χ3v) is 5.97. The largest absolute Gasteiger partial charge is 0.495 e. The second-order valence-corrected chi connectivity index (χ2v) is 7.62. The van der Waals surface area contributed by atoms with Gasteiger partial charge in [0.25, 0.3) is 5.91 Å². The Hall–Kier alpha value is -1.88. The maximum Gasteiger partial charge on any atom is 0.270 e. The molecular formula is C19H24N2O2S. The highest BCUT2D eigenvalue weighted by atomic mass is 32.1. The normalized spacial score (nSPS) is 14.0. The number of amides is 1. The summed E-state index contributed by atoms with van der Waals surface area (Å²) in [7, 11) is 1.66. The molecule has 0 atom stereocenters. The summed E-state index contributed by atoms with van der Waals surface area (Å²) < 4.78 is 5.55. The van der Waals surface area contributed by atoms with E-state index in [1.165, 1.54) is 22.5 Å². The molecule has 3 rings (SSSR count). The predicted octanol–water partition coefficient (Wildman–Crippen LogP) is 4.48. The highest BCUT2D eigenvalue weighted by Crippen LogP contribution is 2.39. The molecule has 1 aliphatic heterocycles. The van der Waals surface area contributed by atoms with E-state index in [0.717, 1.165) is 46.4 Å². The third kappa shape index (κ3) is 2.81. The Kier molecular flexibility index (Phi) is 4.63. The lowest BCUT2D eigenvalue weighted by Crippen LogP contribution is -2.36. The minimum Gasteiger partial charge on any atom is -0.495 e. The van der Waals surface area contributed by atoms with E-state index in [1.54, 1.807) is 7.11 Å². The highest BCUT2D eigenvalue weighted by molar-refractivity contribution is 7.14. The minimum absolute atomic E-state index is 0.0433. The Morgan fingerprint density at radius 2 is 2.08 bits per heavy atom. The van der Waals surface area contributed by atoms with Crippen LogP contribution in [0.4, 0.5) is 5.69 Å². The fourth-order valence-electron chi connectivity index (χ4n) is 3.21. The summed E-state index contributed by atoms with van der Waals surface area (Å²) in [6, 6.07) is 4.03. The van der Waals surface area contributed by atoms with Gasteiger partial charge >= 0.3 is 0 Å². The number of benzene rings is 1. The number of rotatable bonds is 3. The van der Waals surface area contributed by atoms with Crippen LogP contribution in [0.15, 0.2) is 12.1 Å². The van der Waals surface area contributed by atoms with Crippen molar-refractivity contribution in [3.05, 3.63) is 38.8 Å².